The van der Waals surface area contributed by atoms with Crippen LogP contribution in [0.4, 0.5) is 0 Å². The molecule has 29 heavy (non-hydrogen) atoms. The smallest absolute Gasteiger partial charge is 0.331 e. The van der Waals surface area contributed by atoms with Crippen LogP contribution in [0.3, 0.4) is 0 Å². The van der Waals surface area contributed by atoms with Crippen LogP contribution in [-0.2, 0) is 30.4 Å². The van der Waals surface area contributed by atoms with Crippen LogP contribution in [0.5, 0.6) is 11.5 Å². The van der Waals surface area contributed by atoms with Crippen LogP contribution in [-0.4, -0.2) is 36.5 Å². The summed E-state index contributed by atoms with van der Waals surface area (Å²) < 4.78 is 27.0. The van der Waals surface area contributed by atoms with Crippen molar-refractivity contribution in [3.63, 3.8) is 0 Å². The van der Waals surface area contributed by atoms with Crippen LogP contribution in [0.2, 0.25) is 0 Å². The minimum absolute atomic E-state index is 0.146. The van der Waals surface area contributed by atoms with Crippen molar-refractivity contribution in [2.75, 3.05) is 13.4 Å². The van der Waals surface area contributed by atoms with Gasteiger partial charge in [0.25, 0.3) is 0 Å². The van der Waals surface area contributed by atoms with E-state index in [2.05, 4.69) is 0 Å². The Balaban J connectivity index is 2.01. The monoisotopic (exact) mass is 406 g/mol. The Labute approximate surface area is 171 Å². The van der Waals surface area contributed by atoms with Crippen molar-refractivity contribution in [3.8, 4) is 11.5 Å². The molecular formula is C22H30O7. The third-order valence-electron chi connectivity index (χ3n) is 3.57. The van der Waals surface area contributed by atoms with Gasteiger partial charge < -0.3 is 23.7 Å². The zero-order valence-corrected chi connectivity index (χ0v) is 18.0. The molecule has 0 aliphatic carbocycles. The summed E-state index contributed by atoms with van der Waals surface area (Å²) in [7, 11) is 0. The van der Waals surface area contributed by atoms with E-state index in [0.29, 0.717) is 11.5 Å². The lowest BCUT2D eigenvalue weighted by molar-refractivity contribution is -0.156. The van der Waals surface area contributed by atoms with Gasteiger partial charge in [-0.3, -0.25) is 4.79 Å². The van der Waals surface area contributed by atoms with E-state index in [1.807, 2.05) is 47.6 Å². The maximum Gasteiger partial charge on any atom is 0.331 e. The van der Waals surface area contributed by atoms with Gasteiger partial charge in [0.2, 0.25) is 6.79 Å². The fourth-order valence-corrected chi connectivity index (χ4v) is 2.50. The van der Waals surface area contributed by atoms with E-state index in [1.165, 1.54) is 6.08 Å². The number of benzene rings is 1. The maximum atomic E-state index is 12.0. The van der Waals surface area contributed by atoms with Gasteiger partial charge in [-0.15, -0.1) is 0 Å². The van der Waals surface area contributed by atoms with Gasteiger partial charge in [-0.05, 0) is 70.9 Å². The van der Waals surface area contributed by atoms with E-state index >= 15 is 0 Å². The second-order valence-electron chi connectivity index (χ2n) is 8.66. The van der Waals surface area contributed by atoms with E-state index in [-0.39, 0.29) is 32.4 Å². The Morgan fingerprint density at radius 3 is 2.24 bits per heavy atom. The SMILES string of the molecule is CC(C)(C)OC(=O)/C=C/c1cc2c(cc1COCCC(=O)OC(C)(C)C)OCO2. The molecule has 0 bridgehead atoms. The van der Waals surface area contributed by atoms with Gasteiger partial charge in [0.15, 0.2) is 11.5 Å². The molecule has 0 amide bonds. The summed E-state index contributed by atoms with van der Waals surface area (Å²) in [5.41, 5.74) is 0.466. The molecule has 0 saturated heterocycles. The number of hydrogen-bond donors (Lipinski definition) is 0. The molecule has 0 spiro atoms. The van der Waals surface area contributed by atoms with E-state index in [1.54, 1.807) is 12.1 Å². The quantitative estimate of drug-likeness (QED) is 0.384. The molecule has 0 saturated carbocycles. The summed E-state index contributed by atoms with van der Waals surface area (Å²) in [6.45, 7) is 11.5. The maximum absolute atomic E-state index is 12.0. The van der Waals surface area contributed by atoms with E-state index in [9.17, 15) is 9.59 Å². The predicted molar refractivity (Wildman–Crippen MR) is 108 cm³/mol. The fraction of sp³-hybridized carbons (Fsp3) is 0.545. The van der Waals surface area contributed by atoms with Crippen molar-refractivity contribution in [1.29, 1.82) is 0 Å². The van der Waals surface area contributed by atoms with Crippen molar-refractivity contribution in [2.45, 2.75) is 65.8 Å². The molecule has 2 rings (SSSR count). The second-order valence-corrected chi connectivity index (χ2v) is 8.66. The Hall–Kier alpha value is -2.54. The Bertz CT molecular complexity index is 767. The number of carbonyl (C=O) groups excluding carboxylic acids is 2. The van der Waals surface area contributed by atoms with Crippen LogP contribution >= 0.6 is 0 Å². The first-order valence-corrected chi connectivity index (χ1v) is 9.56. The Kier molecular flexibility index (Phi) is 7.30. The highest BCUT2D eigenvalue weighted by Crippen LogP contribution is 2.35. The highest BCUT2D eigenvalue weighted by Gasteiger charge is 2.19. The molecular weight excluding hydrogens is 376 g/mol. The molecule has 0 fully saturated rings. The van der Waals surface area contributed by atoms with Crippen molar-refractivity contribution < 1.29 is 33.3 Å². The van der Waals surface area contributed by atoms with Gasteiger partial charge >= 0.3 is 11.9 Å². The van der Waals surface area contributed by atoms with Gasteiger partial charge in [-0.1, -0.05) is 0 Å². The first-order valence-electron chi connectivity index (χ1n) is 9.56. The van der Waals surface area contributed by atoms with Gasteiger partial charge in [0.1, 0.15) is 11.2 Å². The standard InChI is InChI=1S/C22H30O7/c1-21(2,3)28-19(23)8-7-15-11-17-18(27-14-26-17)12-16(15)13-25-10-9-20(24)29-22(4,5)6/h7-8,11-12H,9-10,13-14H2,1-6H3/b8-7+. The number of carbonyl (C=O) groups is 2. The molecule has 7 heteroatoms. The lowest BCUT2D eigenvalue weighted by Crippen LogP contribution is -2.24. The molecule has 0 aromatic heterocycles. The third kappa shape index (κ3) is 8.15. The molecule has 1 aliphatic heterocycles. The predicted octanol–water partition coefficient (Wildman–Crippen LogP) is 4.02. The van der Waals surface area contributed by atoms with Gasteiger partial charge in [0, 0.05) is 6.08 Å². The zero-order valence-electron chi connectivity index (χ0n) is 18.0. The van der Waals surface area contributed by atoms with Crippen molar-refractivity contribution in [1.82, 2.24) is 0 Å². The van der Waals surface area contributed by atoms with Crippen LogP contribution in [0.15, 0.2) is 18.2 Å². The third-order valence-corrected chi connectivity index (χ3v) is 3.57. The summed E-state index contributed by atoms with van der Waals surface area (Å²) in [6, 6.07) is 3.60. The fourth-order valence-electron chi connectivity index (χ4n) is 2.50. The van der Waals surface area contributed by atoms with Crippen molar-refractivity contribution in [2.24, 2.45) is 0 Å². The first-order chi connectivity index (χ1) is 13.4. The topological polar surface area (TPSA) is 80.3 Å². The van der Waals surface area contributed by atoms with Crippen molar-refractivity contribution >= 4 is 18.0 Å². The Morgan fingerprint density at radius 2 is 1.62 bits per heavy atom. The molecule has 160 valence electrons. The first kappa shape index (κ1) is 22.7. The number of esters is 2. The molecule has 0 radical (unpaired) electrons. The summed E-state index contributed by atoms with van der Waals surface area (Å²) in [5, 5.41) is 0. The van der Waals surface area contributed by atoms with Gasteiger partial charge in [-0.25, -0.2) is 4.79 Å². The van der Waals surface area contributed by atoms with E-state index in [4.69, 9.17) is 23.7 Å². The molecule has 1 heterocycles. The molecule has 1 aromatic rings. The van der Waals surface area contributed by atoms with Crippen LogP contribution < -0.4 is 9.47 Å². The van der Waals surface area contributed by atoms with Crippen LogP contribution in [0, 0.1) is 0 Å². The highest BCUT2D eigenvalue weighted by atomic mass is 16.7. The van der Waals surface area contributed by atoms with Crippen LogP contribution in [0.25, 0.3) is 6.08 Å². The molecule has 7 nitrogen and oxygen atoms in total. The zero-order chi connectivity index (χ0) is 21.7. The Morgan fingerprint density at radius 1 is 1.00 bits per heavy atom. The highest BCUT2D eigenvalue weighted by molar-refractivity contribution is 5.87. The molecule has 1 aromatic carbocycles. The summed E-state index contributed by atoms with van der Waals surface area (Å²) in [5.74, 6) is 0.469. The van der Waals surface area contributed by atoms with Gasteiger partial charge in [0.05, 0.1) is 19.6 Å². The largest absolute Gasteiger partial charge is 0.460 e. The number of fused-ring (bicyclic) bond motifs is 1. The minimum Gasteiger partial charge on any atom is -0.460 e. The summed E-state index contributed by atoms with van der Waals surface area (Å²) in [4.78, 5) is 23.8. The van der Waals surface area contributed by atoms with Crippen LogP contribution in [0.1, 0.15) is 59.1 Å². The average Bonchev–Trinajstić information content (AvgIpc) is 3.00. The van der Waals surface area contributed by atoms with E-state index in [0.717, 1.165) is 11.1 Å². The number of hydrogen-bond acceptors (Lipinski definition) is 7. The lowest BCUT2D eigenvalue weighted by atomic mass is 10.1. The van der Waals surface area contributed by atoms with Gasteiger partial charge in [-0.2, -0.15) is 0 Å². The molecule has 0 atom stereocenters. The number of rotatable bonds is 7. The lowest BCUT2D eigenvalue weighted by Gasteiger charge is -2.19. The molecule has 0 N–H and O–H groups in total. The minimum atomic E-state index is -0.566. The number of ether oxygens (including phenoxy) is 5. The molecule has 1 aliphatic rings. The van der Waals surface area contributed by atoms with Crippen molar-refractivity contribution in [3.05, 3.63) is 29.3 Å². The van der Waals surface area contributed by atoms with E-state index < -0.39 is 17.2 Å². The molecule has 0 unspecified atom stereocenters. The summed E-state index contributed by atoms with van der Waals surface area (Å²) in [6.07, 6.45) is 3.18. The second kappa shape index (κ2) is 9.31. The summed E-state index contributed by atoms with van der Waals surface area (Å²) >= 11 is 0. The average molecular weight is 406 g/mol. The normalized spacial score (nSPS) is 13.6.